The van der Waals surface area contributed by atoms with Crippen LogP contribution >= 0.6 is 0 Å². The first-order valence-electron chi connectivity index (χ1n) is 9.78. The van der Waals surface area contributed by atoms with E-state index in [2.05, 4.69) is 16.4 Å². The van der Waals surface area contributed by atoms with Crippen molar-refractivity contribution < 1.29 is 9.53 Å². The van der Waals surface area contributed by atoms with E-state index >= 15 is 0 Å². The number of pyridine rings is 1. The fraction of sp³-hybridized carbons (Fsp3) is 0.455. The quantitative estimate of drug-likeness (QED) is 0.909. The number of nitrogens with zero attached hydrogens (tertiary/aromatic N) is 2. The maximum Gasteiger partial charge on any atom is 0.227 e. The molecule has 1 spiro atoms. The molecule has 1 amide bonds. The fourth-order valence-electron chi connectivity index (χ4n) is 4.27. The van der Waals surface area contributed by atoms with Gasteiger partial charge in [0.1, 0.15) is 11.4 Å². The van der Waals surface area contributed by atoms with Gasteiger partial charge in [0.2, 0.25) is 5.91 Å². The summed E-state index contributed by atoms with van der Waals surface area (Å²) in [4.78, 5) is 19.2. The van der Waals surface area contributed by atoms with Gasteiger partial charge in [0, 0.05) is 30.5 Å². The molecule has 2 aliphatic rings. The molecule has 0 atom stereocenters. The van der Waals surface area contributed by atoms with Crippen LogP contribution in [0.5, 0.6) is 5.75 Å². The summed E-state index contributed by atoms with van der Waals surface area (Å²) in [5.41, 5.74) is 1.75. The summed E-state index contributed by atoms with van der Waals surface area (Å²) in [6.45, 7) is 1.25. The van der Waals surface area contributed by atoms with E-state index in [9.17, 15) is 4.79 Å². The van der Waals surface area contributed by atoms with Crippen molar-refractivity contribution in [1.82, 2.24) is 15.2 Å². The number of ether oxygens (including phenoxy) is 1. The highest BCUT2D eigenvalue weighted by Gasteiger charge is 2.41. The highest BCUT2D eigenvalue weighted by atomic mass is 16.5. The molecule has 0 bridgehead atoms. The largest absolute Gasteiger partial charge is 0.485 e. The predicted molar refractivity (Wildman–Crippen MR) is 104 cm³/mol. The number of fused-ring (bicyclic) bond motifs is 1. The third-order valence-electron chi connectivity index (χ3n) is 5.88. The van der Waals surface area contributed by atoms with E-state index in [0.717, 1.165) is 42.6 Å². The summed E-state index contributed by atoms with van der Waals surface area (Å²) >= 11 is 0. The van der Waals surface area contributed by atoms with E-state index in [1.807, 2.05) is 42.3 Å². The molecule has 0 unspecified atom stereocenters. The van der Waals surface area contributed by atoms with Gasteiger partial charge < -0.3 is 15.0 Å². The number of nitrogens with one attached hydrogen (secondary N) is 1. The zero-order valence-corrected chi connectivity index (χ0v) is 15.9. The van der Waals surface area contributed by atoms with Crippen LogP contribution in [0.25, 0.3) is 0 Å². The molecule has 5 nitrogen and oxygen atoms in total. The van der Waals surface area contributed by atoms with Crippen molar-refractivity contribution in [3.63, 3.8) is 0 Å². The van der Waals surface area contributed by atoms with E-state index in [1.54, 1.807) is 12.4 Å². The van der Waals surface area contributed by atoms with Crippen LogP contribution < -0.4 is 10.1 Å². The zero-order chi connectivity index (χ0) is 18.7. The Morgan fingerprint density at radius 2 is 2.07 bits per heavy atom. The molecular formula is C22H27N3O2. The lowest BCUT2D eigenvalue weighted by Gasteiger charge is -2.41. The van der Waals surface area contributed by atoms with Gasteiger partial charge in [-0.2, -0.15) is 0 Å². The van der Waals surface area contributed by atoms with E-state index in [4.69, 9.17) is 4.74 Å². The lowest BCUT2D eigenvalue weighted by Crippen LogP contribution is -2.51. The Bertz CT molecular complexity index is 785. The second kappa shape index (κ2) is 7.69. The van der Waals surface area contributed by atoms with Gasteiger partial charge in [-0.3, -0.25) is 9.78 Å². The van der Waals surface area contributed by atoms with Gasteiger partial charge in [-0.1, -0.05) is 24.3 Å². The van der Waals surface area contributed by atoms with Gasteiger partial charge in [-0.05, 0) is 50.4 Å². The van der Waals surface area contributed by atoms with Crippen LogP contribution in [0.2, 0.25) is 0 Å². The summed E-state index contributed by atoms with van der Waals surface area (Å²) in [7, 11) is 2.02. The van der Waals surface area contributed by atoms with Crippen LogP contribution in [0.1, 0.15) is 36.8 Å². The Balaban J connectivity index is 1.59. The molecule has 0 radical (unpaired) electrons. The summed E-state index contributed by atoms with van der Waals surface area (Å²) in [6.07, 6.45) is 7.96. The van der Waals surface area contributed by atoms with Crippen LogP contribution in [0.3, 0.4) is 0 Å². The van der Waals surface area contributed by atoms with E-state index < -0.39 is 0 Å². The Labute approximate surface area is 160 Å². The third-order valence-corrected chi connectivity index (χ3v) is 5.88. The minimum Gasteiger partial charge on any atom is -0.485 e. The number of para-hydroxylation sites is 1. The maximum absolute atomic E-state index is 13.1. The molecular weight excluding hydrogens is 338 g/mol. The molecule has 4 rings (SSSR count). The van der Waals surface area contributed by atoms with Crippen molar-refractivity contribution >= 4 is 5.91 Å². The van der Waals surface area contributed by atoms with Gasteiger partial charge in [-0.25, -0.2) is 0 Å². The van der Waals surface area contributed by atoms with Gasteiger partial charge in [0.15, 0.2) is 0 Å². The Kier molecular flexibility index (Phi) is 5.12. The van der Waals surface area contributed by atoms with Gasteiger partial charge in [-0.15, -0.1) is 0 Å². The van der Waals surface area contributed by atoms with Gasteiger partial charge in [0.25, 0.3) is 0 Å². The molecule has 2 aromatic rings. The number of carbonyl (C=O) groups excluding carboxylic acids is 1. The second-order valence-electron chi connectivity index (χ2n) is 7.74. The normalized spacial score (nSPS) is 24.8. The van der Waals surface area contributed by atoms with Crippen molar-refractivity contribution in [3.05, 3.63) is 59.9 Å². The van der Waals surface area contributed by atoms with Crippen molar-refractivity contribution in [2.75, 3.05) is 13.6 Å². The molecule has 1 aromatic heterocycles. The molecule has 1 aliphatic heterocycles. The van der Waals surface area contributed by atoms with Crippen molar-refractivity contribution in [2.24, 2.45) is 0 Å². The number of hydrogen-bond donors (Lipinski definition) is 1. The molecule has 1 saturated carbocycles. The topological polar surface area (TPSA) is 54.5 Å². The number of rotatable bonds is 3. The smallest absolute Gasteiger partial charge is 0.227 e. The molecule has 0 saturated heterocycles. The highest BCUT2D eigenvalue weighted by Crippen LogP contribution is 2.38. The van der Waals surface area contributed by atoms with E-state index in [-0.39, 0.29) is 11.5 Å². The first kappa shape index (κ1) is 18.0. The van der Waals surface area contributed by atoms with E-state index in [0.29, 0.717) is 25.6 Å². The monoisotopic (exact) mass is 365 g/mol. The number of carbonyl (C=O) groups is 1. The van der Waals surface area contributed by atoms with Crippen LogP contribution in [0.4, 0.5) is 0 Å². The lowest BCUT2D eigenvalue weighted by molar-refractivity contribution is -0.134. The molecule has 2 heterocycles. The van der Waals surface area contributed by atoms with Crippen LogP contribution in [-0.4, -0.2) is 41.0 Å². The molecule has 5 heteroatoms. The number of amides is 1. The van der Waals surface area contributed by atoms with Crippen molar-refractivity contribution in [2.45, 2.75) is 50.3 Å². The highest BCUT2D eigenvalue weighted by molar-refractivity contribution is 5.79. The molecule has 27 heavy (non-hydrogen) atoms. The molecule has 1 N–H and O–H groups in total. The summed E-state index contributed by atoms with van der Waals surface area (Å²) in [5, 5.41) is 3.38. The Morgan fingerprint density at radius 3 is 2.81 bits per heavy atom. The maximum atomic E-state index is 13.1. The van der Waals surface area contributed by atoms with Crippen LogP contribution in [0, 0.1) is 0 Å². The minimum absolute atomic E-state index is 0.137. The van der Waals surface area contributed by atoms with Crippen LogP contribution in [-0.2, 0) is 17.8 Å². The summed E-state index contributed by atoms with van der Waals surface area (Å²) in [6, 6.07) is 12.5. The average molecular weight is 365 g/mol. The SMILES string of the molecule is CNC1CCC2(CC1)CN(C(=O)Cc1cccnc1)Cc1ccccc1O2. The molecule has 1 fully saturated rings. The number of hydrogen-bond acceptors (Lipinski definition) is 4. The summed E-state index contributed by atoms with van der Waals surface area (Å²) < 4.78 is 6.57. The summed E-state index contributed by atoms with van der Waals surface area (Å²) in [5.74, 6) is 1.07. The molecule has 1 aromatic carbocycles. The first-order valence-corrected chi connectivity index (χ1v) is 9.78. The molecule has 142 valence electrons. The predicted octanol–water partition coefficient (Wildman–Crippen LogP) is 2.95. The fourth-order valence-corrected chi connectivity index (χ4v) is 4.27. The van der Waals surface area contributed by atoms with Gasteiger partial charge in [0.05, 0.1) is 13.0 Å². The standard InChI is InChI=1S/C22H27N3O2/c1-23-19-8-10-22(11-9-19)16-25(15-18-6-2-3-7-20(18)27-22)21(26)13-17-5-4-12-24-14-17/h2-7,12,14,19,23H,8-11,13,15-16H2,1H3. The van der Waals surface area contributed by atoms with Crippen molar-refractivity contribution in [3.8, 4) is 5.75 Å². The average Bonchev–Trinajstić information content (AvgIpc) is 2.86. The number of benzene rings is 1. The van der Waals surface area contributed by atoms with Crippen molar-refractivity contribution in [1.29, 1.82) is 0 Å². The third kappa shape index (κ3) is 3.98. The van der Waals surface area contributed by atoms with Gasteiger partial charge >= 0.3 is 0 Å². The lowest BCUT2D eigenvalue weighted by atomic mass is 9.81. The van der Waals surface area contributed by atoms with E-state index in [1.165, 1.54) is 0 Å². The first-order chi connectivity index (χ1) is 13.2. The van der Waals surface area contributed by atoms with Crippen LogP contribution in [0.15, 0.2) is 48.8 Å². The number of aromatic nitrogens is 1. The minimum atomic E-state index is -0.287. The molecule has 1 aliphatic carbocycles. The second-order valence-corrected chi connectivity index (χ2v) is 7.74. The Hall–Kier alpha value is -2.40. The zero-order valence-electron chi connectivity index (χ0n) is 15.9. The Morgan fingerprint density at radius 1 is 1.26 bits per heavy atom.